The molecule has 1 aromatic rings. The molecule has 0 amide bonds. The predicted molar refractivity (Wildman–Crippen MR) is 94.8 cm³/mol. The number of nitrogens with zero attached hydrogens (tertiary/aromatic N) is 2. The lowest BCUT2D eigenvalue weighted by atomic mass is 10.1. The number of thiazole rings is 1. The highest BCUT2D eigenvalue weighted by Gasteiger charge is 2.11. The van der Waals surface area contributed by atoms with Crippen LogP contribution in [0.5, 0.6) is 0 Å². The van der Waals surface area contributed by atoms with Crippen LogP contribution in [0.15, 0.2) is 10.4 Å². The quantitative estimate of drug-likeness (QED) is 0.468. The molecule has 0 aliphatic heterocycles. The zero-order valence-electron chi connectivity index (χ0n) is 12.4. The molecule has 0 atom stereocenters. The number of hydrogen-bond donors (Lipinski definition) is 2. The lowest BCUT2D eigenvalue weighted by molar-refractivity contribution is 0.501. The Balaban J connectivity index is 0.00000324. The summed E-state index contributed by atoms with van der Waals surface area (Å²) < 4.78 is 0. The number of nitrogens with one attached hydrogen (secondary N) is 2. The van der Waals surface area contributed by atoms with Crippen LogP contribution in [0.1, 0.15) is 38.4 Å². The number of guanidine groups is 1. The molecule has 1 rings (SSSR count). The topological polar surface area (TPSA) is 49.3 Å². The number of rotatable bonds is 4. The molecule has 1 aromatic heterocycles. The Morgan fingerprint density at radius 2 is 2.11 bits per heavy atom. The molecule has 0 unspecified atom stereocenters. The van der Waals surface area contributed by atoms with Crippen LogP contribution in [0, 0.1) is 6.92 Å². The van der Waals surface area contributed by atoms with E-state index in [1.54, 1.807) is 11.3 Å². The zero-order valence-corrected chi connectivity index (χ0v) is 15.6. The summed E-state index contributed by atoms with van der Waals surface area (Å²) in [6.07, 6.45) is 0.894. The van der Waals surface area contributed by atoms with Gasteiger partial charge in [0.15, 0.2) is 5.96 Å². The first-order valence-electron chi connectivity index (χ1n) is 6.38. The number of aromatic nitrogens is 1. The molecular formula is C13H25IN4S. The van der Waals surface area contributed by atoms with Crippen LogP contribution in [0.3, 0.4) is 0 Å². The van der Waals surface area contributed by atoms with Gasteiger partial charge in [0.1, 0.15) is 0 Å². The average molecular weight is 396 g/mol. The Morgan fingerprint density at radius 3 is 2.58 bits per heavy atom. The standard InChI is InChI=1S/C13H24N4S.HI/c1-6-14-12(17-13(3,4)5)15-8-7-11-9-18-10(2)16-11;/h9H,6-8H2,1-5H3,(H2,14,15,17);1H. The van der Waals surface area contributed by atoms with Crippen molar-refractivity contribution in [1.29, 1.82) is 0 Å². The van der Waals surface area contributed by atoms with Crippen LogP contribution in [-0.2, 0) is 6.42 Å². The fourth-order valence-corrected chi connectivity index (χ4v) is 2.11. The van der Waals surface area contributed by atoms with E-state index in [-0.39, 0.29) is 29.5 Å². The summed E-state index contributed by atoms with van der Waals surface area (Å²) in [5, 5.41) is 9.85. The molecule has 0 radical (unpaired) electrons. The Hall–Kier alpha value is -0.370. The van der Waals surface area contributed by atoms with E-state index in [4.69, 9.17) is 0 Å². The van der Waals surface area contributed by atoms with Crippen molar-refractivity contribution in [1.82, 2.24) is 15.6 Å². The molecular weight excluding hydrogens is 371 g/mol. The fourth-order valence-electron chi connectivity index (χ4n) is 1.47. The van der Waals surface area contributed by atoms with Crippen LogP contribution in [-0.4, -0.2) is 29.6 Å². The summed E-state index contributed by atoms with van der Waals surface area (Å²) in [6, 6.07) is 0. The van der Waals surface area contributed by atoms with Gasteiger partial charge in [0.2, 0.25) is 0 Å². The van der Waals surface area contributed by atoms with Crippen LogP contribution in [0.2, 0.25) is 0 Å². The molecule has 2 N–H and O–H groups in total. The van der Waals surface area contributed by atoms with Crippen molar-refractivity contribution < 1.29 is 0 Å². The van der Waals surface area contributed by atoms with E-state index < -0.39 is 0 Å². The molecule has 0 aromatic carbocycles. The van der Waals surface area contributed by atoms with Crippen molar-refractivity contribution in [2.24, 2.45) is 4.99 Å². The van der Waals surface area contributed by atoms with E-state index in [1.807, 2.05) is 6.92 Å². The third-order valence-electron chi connectivity index (χ3n) is 2.14. The van der Waals surface area contributed by atoms with E-state index in [9.17, 15) is 0 Å². The molecule has 1 heterocycles. The Labute approximate surface area is 137 Å². The Kier molecular flexibility index (Phi) is 8.56. The average Bonchev–Trinajstić information content (AvgIpc) is 2.62. The van der Waals surface area contributed by atoms with Crippen molar-refractivity contribution in [3.05, 3.63) is 16.1 Å². The molecule has 0 fully saturated rings. The zero-order chi connectivity index (χ0) is 13.6. The number of aliphatic imine (C=N–C) groups is 1. The maximum absolute atomic E-state index is 4.56. The van der Waals surface area contributed by atoms with Gasteiger partial charge in [-0.15, -0.1) is 35.3 Å². The maximum Gasteiger partial charge on any atom is 0.191 e. The highest BCUT2D eigenvalue weighted by Crippen LogP contribution is 2.08. The Bertz CT molecular complexity index is 396. The van der Waals surface area contributed by atoms with Crippen molar-refractivity contribution in [3.8, 4) is 0 Å². The van der Waals surface area contributed by atoms with Gasteiger partial charge >= 0.3 is 0 Å². The minimum Gasteiger partial charge on any atom is -0.357 e. The summed E-state index contributed by atoms with van der Waals surface area (Å²) in [7, 11) is 0. The molecule has 110 valence electrons. The van der Waals surface area contributed by atoms with Crippen molar-refractivity contribution >= 4 is 41.3 Å². The van der Waals surface area contributed by atoms with E-state index in [2.05, 4.69) is 53.7 Å². The first-order valence-corrected chi connectivity index (χ1v) is 7.26. The van der Waals surface area contributed by atoms with Crippen LogP contribution in [0.4, 0.5) is 0 Å². The summed E-state index contributed by atoms with van der Waals surface area (Å²) in [5.41, 5.74) is 1.16. The highest BCUT2D eigenvalue weighted by atomic mass is 127. The van der Waals surface area contributed by atoms with Crippen molar-refractivity contribution in [2.75, 3.05) is 13.1 Å². The van der Waals surface area contributed by atoms with Gasteiger partial charge in [0.05, 0.1) is 10.7 Å². The predicted octanol–water partition coefficient (Wildman–Crippen LogP) is 2.97. The molecule has 0 aliphatic carbocycles. The van der Waals surface area contributed by atoms with Crippen LogP contribution < -0.4 is 10.6 Å². The number of hydrogen-bond acceptors (Lipinski definition) is 3. The van der Waals surface area contributed by atoms with Gasteiger partial charge in [-0.05, 0) is 34.6 Å². The Morgan fingerprint density at radius 1 is 1.42 bits per heavy atom. The highest BCUT2D eigenvalue weighted by molar-refractivity contribution is 14.0. The van der Waals surface area contributed by atoms with Gasteiger partial charge in [0.25, 0.3) is 0 Å². The molecule has 19 heavy (non-hydrogen) atoms. The minimum absolute atomic E-state index is 0. The number of halogens is 1. The summed E-state index contributed by atoms with van der Waals surface area (Å²) in [6.45, 7) is 12.1. The first kappa shape index (κ1) is 18.6. The van der Waals surface area contributed by atoms with Gasteiger partial charge in [-0.25, -0.2) is 4.98 Å². The SMILES string of the molecule is CCNC(=NCCc1csc(C)n1)NC(C)(C)C.I. The van der Waals surface area contributed by atoms with Crippen molar-refractivity contribution in [3.63, 3.8) is 0 Å². The van der Waals surface area contributed by atoms with Gasteiger partial charge in [-0.3, -0.25) is 4.99 Å². The minimum atomic E-state index is 0. The lowest BCUT2D eigenvalue weighted by Crippen LogP contribution is -2.47. The fraction of sp³-hybridized carbons (Fsp3) is 0.692. The summed E-state index contributed by atoms with van der Waals surface area (Å²) in [4.78, 5) is 9.00. The van der Waals surface area contributed by atoms with E-state index in [1.165, 1.54) is 0 Å². The first-order chi connectivity index (χ1) is 8.40. The molecule has 0 saturated carbocycles. The summed E-state index contributed by atoms with van der Waals surface area (Å²) >= 11 is 1.69. The molecule has 0 bridgehead atoms. The largest absolute Gasteiger partial charge is 0.357 e. The molecule has 0 saturated heterocycles. The van der Waals surface area contributed by atoms with E-state index in [0.717, 1.165) is 36.2 Å². The van der Waals surface area contributed by atoms with Gasteiger partial charge in [-0.1, -0.05) is 0 Å². The second-order valence-electron chi connectivity index (χ2n) is 5.24. The molecule has 0 aliphatic rings. The van der Waals surface area contributed by atoms with Gasteiger partial charge in [0, 0.05) is 30.4 Å². The third kappa shape index (κ3) is 8.41. The van der Waals surface area contributed by atoms with E-state index in [0.29, 0.717) is 0 Å². The second kappa shape index (κ2) is 8.73. The van der Waals surface area contributed by atoms with Crippen LogP contribution >= 0.6 is 35.3 Å². The maximum atomic E-state index is 4.56. The monoisotopic (exact) mass is 396 g/mol. The molecule has 0 spiro atoms. The lowest BCUT2D eigenvalue weighted by Gasteiger charge is -2.23. The summed E-state index contributed by atoms with van der Waals surface area (Å²) in [5.74, 6) is 0.872. The van der Waals surface area contributed by atoms with E-state index >= 15 is 0 Å². The molecule has 4 nitrogen and oxygen atoms in total. The smallest absolute Gasteiger partial charge is 0.191 e. The van der Waals surface area contributed by atoms with Gasteiger partial charge < -0.3 is 10.6 Å². The number of aryl methyl sites for hydroxylation is 1. The third-order valence-corrected chi connectivity index (χ3v) is 2.96. The van der Waals surface area contributed by atoms with Crippen LogP contribution in [0.25, 0.3) is 0 Å². The normalized spacial score (nSPS) is 11.9. The second-order valence-corrected chi connectivity index (χ2v) is 6.31. The molecule has 6 heteroatoms. The van der Waals surface area contributed by atoms with Gasteiger partial charge in [-0.2, -0.15) is 0 Å². The van der Waals surface area contributed by atoms with Crippen molar-refractivity contribution in [2.45, 2.75) is 46.6 Å².